The zero-order valence-electron chi connectivity index (χ0n) is 11.6. The summed E-state index contributed by atoms with van der Waals surface area (Å²) >= 11 is 13.9. The molecule has 2 aliphatic rings. The fourth-order valence-corrected chi connectivity index (χ4v) is 5.10. The molecule has 7 heteroatoms. The predicted octanol–water partition coefficient (Wildman–Crippen LogP) is 3.92. The minimum atomic E-state index is 0. The number of nitrogens with one attached hydrogen (secondary N) is 1. The second-order valence-corrected chi connectivity index (χ2v) is 7.64. The molecule has 0 unspecified atom stereocenters. The van der Waals surface area contributed by atoms with Gasteiger partial charge in [0.1, 0.15) is 4.88 Å². The maximum Gasteiger partial charge on any atom is 0.265 e. The number of nitrogens with zero attached hydrogens (tertiary/aromatic N) is 1. The molecule has 0 aliphatic carbocycles. The molecule has 22 heavy (non-hydrogen) atoms. The number of thiophene rings is 1. The van der Waals surface area contributed by atoms with E-state index in [-0.39, 0.29) is 18.3 Å². The molecule has 2 aliphatic heterocycles. The van der Waals surface area contributed by atoms with E-state index in [4.69, 9.17) is 23.2 Å². The van der Waals surface area contributed by atoms with E-state index in [9.17, 15) is 4.79 Å². The van der Waals surface area contributed by atoms with Crippen LogP contribution in [0.1, 0.15) is 9.67 Å². The first-order chi connectivity index (χ1) is 10.1. The van der Waals surface area contributed by atoms with E-state index < -0.39 is 0 Å². The van der Waals surface area contributed by atoms with Crippen LogP contribution in [0.2, 0.25) is 10.0 Å². The van der Waals surface area contributed by atoms with Crippen LogP contribution >= 0.6 is 46.9 Å². The van der Waals surface area contributed by atoms with E-state index >= 15 is 0 Å². The molecule has 1 N–H and O–H groups in total. The first kappa shape index (κ1) is 16.3. The third-order valence-corrected chi connectivity index (χ3v) is 6.34. The van der Waals surface area contributed by atoms with Gasteiger partial charge in [-0.2, -0.15) is 0 Å². The summed E-state index contributed by atoms with van der Waals surface area (Å²) in [6, 6.07) is 5.56. The normalized spacial score (nSPS) is 23.6. The number of hydrogen-bond donors (Lipinski definition) is 1. The summed E-state index contributed by atoms with van der Waals surface area (Å²) in [5.41, 5.74) is 0. The average Bonchev–Trinajstić information content (AvgIpc) is 3.11. The molecule has 2 atom stereocenters. The van der Waals surface area contributed by atoms with Crippen molar-refractivity contribution in [1.82, 2.24) is 10.2 Å². The van der Waals surface area contributed by atoms with Crippen molar-refractivity contribution in [2.75, 3.05) is 26.2 Å². The second-order valence-electron chi connectivity index (χ2n) is 5.77. The minimum absolute atomic E-state index is 0. The van der Waals surface area contributed by atoms with Gasteiger partial charge in [0.15, 0.2) is 0 Å². The number of amides is 1. The maximum atomic E-state index is 12.8. The zero-order chi connectivity index (χ0) is 14.6. The molecule has 3 heterocycles. The Bertz CT molecular complexity index is 721. The minimum Gasteiger partial charge on any atom is -0.337 e. The van der Waals surface area contributed by atoms with Crippen LogP contribution in [0.25, 0.3) is 10.1 Å². The Balaban J connectivity index is 0.00000144. The van der Waals surface area contributed by atoms with Crippen LogP contribution in [0.3, 0.4) is 0 Å². The Labute approximate surface area is 149 Å². The SMILES string of the molecule is Cl.O=C(c1sc2cc(Cl)ccc2c1Cl)N1C[C@H]2CNC[C@H]2C1. The van der Waals surface area contributed by atoms with E-state index in [1.165, 1.54) is 11.3 Å². The lowest BCUT2D eigenvalue weighted by Crippen LogP contribution is -2.31. The average molecular weight is 378 g/mol. The molecule has 0 radical (unpaired) electrons. The topological polar surface area (TPSA) is 32.3 Å². The van der Waals surface area contributed by atoms with E-state index in [2.05, 4.69) is 5.32 Å². The van der Waals surface area contributed by atoms with Crippen LogP contribution in [0.5, 0.6) is 0 Å². The van der Waals surface area contributed by atoms with Gasteiger partial charge in [-0.3, -0.25) is 4.79 Å². The number of carbonyl (C=O) groups is 1. The fourth-order valence-electron chi connectivity index (χ4n) is 3.34. The summed E-state index contributed by atoms with van der Waals surface area (Å²) in [5, 5.41) is 5.53. The molecule has 4 rings (SSSR count). The highest BCUT2D eigenvalue weighted by molar-refractivity contribution is 7.21. The van der Waals surface area contributed by atoms with Crippen LogP contribution in [-0.2, 0) is 0 Å². The van der Waals surface area contributed by atoms with E-state index in [0.29, 0.717) is 26.8 Å². The molecule has 2 fully saturated rings. The standard InChI is InChI=1S/C15H14Cl2N2OS.ClH/c16-10-1-2-11-12(3-10)21-14(13(11)17)15(20)19-6-8-4-18-5-9(8)7-19;/h1-3,8-9,18H,4-7H2;1H/t8-,9+;. The monoisotopic (exact) mass is 376 g/mol. The largest absolute Gasteiger partial charge is 0.337 e. The van der Waals surface area contributed by atoms with Crippen molar-refractivity contribution in [1.29, 1.82) is 0 Å². The van der Waals surface area contributed by atoms with E-state index in [1.54, 1.807) is 0 Å². The molecule has 1 amide bonds. The van der Waals surface area contributed by atoms with Crippen molar-refractivity contribution in [2.24, 2.45) is 11.8 Å². The number of fused-ring (bicyclic) bond motifs is 2. The van der Waals surface area contributed by atoms with Crippen LogP contribution < -0.4 is 5.32 Å². The Morgan fingerprint density at radius 2 is 1.91 bits per heavy atom. The van der Waals surface area contributed by atoms with Gasteiger partial charge in [-0.05, 0) is 24.0 Å². The second kappa shape index (κ2) is 6.17. The molecule has 1 aromatic carbocycles. The van der Waals surface area contributed by atoms with Crippen molar-refractivity contribution < 1.29 is 4.79 Å². The molecule has 0 saturated carbocycles. The molecular formula is C15H15Cl3N2OS. The molecular weight excluding hydrogens is 363 g/mol. The summed E-state index contributed by atoms with van der Waals surface area (Å²) in [5.74, 6) is 1.25. The summed E-state index contributed by atoms with van der Waals surface area (Å²) in [6.45, 7) is 3.71. The van der Waals surface area contributed by atoms with Crippen molar-refractivity contribution in [3.8, 4) is 0 Å². The predicted molar refractivity (Wildman–Crippen MR) is 94.8 cm³/mol. The fraction of sp³-hybridized carbons (Fsp3) is 0.400. The third-order valence-electron chi connectivity index (χ3n) is 4.46. The van der Waals surface area contributed by atoms with Gasteiger partial charge in [0.2, 0.25) is 0 Å². The van der Waals surface area contributed by atoms with Crippen LogP contribution in [-0.4, -0.2) is 37.0 Å². The summed E-state index contributed by atoms with van der Waals surface area (Å²) in [4.78, 5) is 15.3. The summed E-state index contributed by atoms with van der Waals surface area (Å²) in [6.07, 6.45) is 0. The van der Waals surface area contributed by atoms with Gasteiger partial charge in [-0.15, -0.1) is 23.7 Å². The number of benzene rings is 1. The van der Waals surface area contributed by atoms with E-state index in [1.807, 2.05) is 23.1 Å². The summed E-state index contributed by atoms with van der Waals surface area (Å²) < 4.78 is 0.969. The quantitative estimate of drug-likeness (QED) is 0.817. The van der Waals surface area contributed by atoms with Gasteiger partial charge >= 0.3 is 0 Å². The molecule has 2 saturated heterocycles. The smallest absolute Gasteiger partial charge is 0.265 e. The Kier molecular flexibility index (Phi) is 4.59. The molecule has 0 bridgehead atoms. The van der Waals surface area contributed by atoms with Crippen LogP contribution in [0, 0.1) is 11.8 Å². The maximum absolute atomic E-state index is 12.8. The molecule has 2 aromatic rings. The van der Waals surface area contributed by atoms with Crippen molar-refractivity contribution >= 4 is 62.9 Å². The lowest BCUT2D eigenvalue weighted by molar-refractivity contribution is 0.0786. The van der Waals surface area contributed by atoms with Crippen molar-refractivity contribution in [3.63, 3.8) is 0 Å². The van der Waals surface area contributed by atoms with Crippen molar-refractivity contribution in [3.05, 3.63) is 33.1 Å². The first-order valence-electron chi connectivity index (χ1n) is 7.01. The third kappa shape index (κ3) is 2.61. The Hall–Kier alpha value is -0.520. The number of rotatable bonds is 1. The molecule has 0 spiro atoms. The van der Waals surface area contributed by atoms with Gasteiger partial charge in [-0.1, -0.05) is 29.3 Å². The highest BCUT2D eigenvalue weighted by Crippen LogP contribution is 2.38. The zero-order valence-corrected chi connectivity index (χ0v) is 14.8. The van der Waals surface area contributed by atoms with E-state index in [0.717, 1.165) is 36.3 Å². The number of halogens is 3. The molecule has 3 nitrogen and oxygen atoms in total. The van der Waals surface area contributed by atoms with Gasteiger partial charge in [0.05, 0.1) is 5.02 Å². The van der Waals surface area contributed by atoms with Gasteiger partial charge in [0, 0.05) is 41.3 Å². The first-order valence-corrected chi connectivity index (χ1v) is 8.58. The lowest BCUT2D eigenvalue weighted by atomic mass is 10.0. The Morgan fingerprint density at radius 3 is 2.59 bits per heavy atom. The summed E-state index contributed by atoms with van der Waals surface area (Å²) in [7, 11) is 0. The van der Waals surface area contributed by atoms with Crippen molar-refractivity contribution in [2.45, 2.75) is 0 Å². The van der Waals surface area contributed by atoms with Gasteiger partial charge < -0.3 is 10.2 Å². The number of carbonyl (C=O) groups excluding carboxylic acids is 1. The number of likely N-dealkylation sites (tertiary alicyclic amines) is 1. The van der Waals surface area contributed by atoms with Crippen LogP contribution in [0.15, 0.2) is 18.2 Å². The van der Waals surface area contributed by atoms with Crippen LogP contribution in [0.4, 0.5) is 0 Å². The van der Waals surface area contributed by atoms with Gasteiger partial charge in [0.25, 0.3) is 5.91 Å². The lowest BCUT2D eigenvalue weighted by Gasteiger charge is -2.16. The molecule has 118 valence electrons. The number of hydrogen-bond acceptors (Lipinski definition) is 3. The Morgan fingerprint density at radius 1 is 1.23 bits per heavy atom. The highest BCUT2D eigenvalue weighted by atomic mass is 35.5. The van der Waals surface area contributed by atoms with Gasteiger partial charge in [-0.25, -0.2) is 0 Å². The highest BCUT2D eigenvalue weighted by Gasteiger charge is 2.39. The molecule has 1 aromatic heterocycles.